The Morgan fingerprint density at radius 3 is 2.69 bits per heavy atom. The first kappa shape index (κ1) is 13.7. The molecule has 1 nitrogen and oxygen atoms in total. The van der Waals surface area contributed by atoms with Crippen LogP contribution in [0, 0.1) is 11.7 Å². The van der Waals surface area contributed by atoms with E-state index in [0.29, 0.717) is 5.92 Å². The van der Waals surface area contributed by atoms with Crippen LogP contribution in [0.1, 0.15) is 32.3 Å². The molecule has 0 heterocycles. The number of nitrogens with two attached hydrogens (primary N) is 1. The van der Waals surface area contributed by atoms with Gasteiger partial charge in [0.1, 0.15) is 5.82 Å². The minimum Gasteiger partial charge on any atom is -0.327 e. The number of aryl methyl sites for hydroxylation is 1. The third-order valence-corrected chi connectivity index (χ3v) is 3.34. The normalized spacial score (nSPS) is 13.1. The van der Waals surface area contributed by atoms with Gasteiger partial charge in [-0.1, -0.05) is 29.8 Å². The molecule has 90 valence electrons. The van der Waals surface area contributed by atoms with Gasteiger partial charge in [0, 0.05) is 10.5 Å². The maximum Gasteiger partial charge on any atom is 0.126 e. The largest absolute Gasteiger partial charge is 0.327 e. The Bertz CT molecular complexity index is 339. The van der Waals surface area contributed by atoms with Gasteiger partial charge in [-0.2, -0.15) is 0 Å². The van der Waals surface area contributed by atoms with E-state index in [9.17, 15) is 4.39 Å². The van der Waals surface area contributed by atoms with Crippen molar-refractivity contribution in [3.05, 3.63) is 34.1 Å². The zero-order valence-corrected chi connectivity index (χ0v) is 11.4. The second kappa shape index (κ2) is 6.36. The van der Waals surface area contributed by atoms with Crippen LogP contribution >= 0.6 is 15.9 Å². The number of halogens is 2. The molecule has 1 atom stereocenters. The summed E-state index contributed by atoms with van der Waals surface area (Å²) >= 11 is 3.35. The van der Waals surface area contributed by atoms with E-state index in [-0.39, 0.29) is 11.9 Å². The fourth-order valence-corrected chi connectivity index (χ4v) is 2.00. The van der Waals surface area contributed by atoms with Gasteiger partial charge in [0.05, 0.1) is 0 Å². The second-order valence-electron chi connectivity index (χ2n) is 4.54. The lowest BCUT2D eigenvalue weighted by Crippen LogP contribution is -2.26. The Labute approximate surface area is 105 Å². The van der Waals surface area contributed by atoms with E-state index < -0.39 is 0 Å². The summed E-state index contributed by atoms with van der Waals surface area (Å²) in [5, 5.41) is 0. The first-order chi connectivity index (χ1) is 7.50. The van der Waals surface area contributed by atoms with E-state index in [2.05, 4.69) is 29.8 Å². The monoisotopic (exact) mass is 287 g/mol. The van der Waals surface area contributed by atoms with Crippen LogP contribution in [-0.4, -0.2) is 6.04 Å². The third kappa shape index (κ3) is 4.22. The summed E-state index contributed by atoms with van der Waals surface area (Å²) in [5.41, 5.74) is 6.71. The predicted molar refractivity (Wildman–Crippen MR) is 69.9 cm³/mol. The van der Waals surface area contributed by atoms with E-state index in [4.69, 9.17) is 5.73 Å². The molecule has 1 aromatic carbocycles. The minimum atomic E-state index is -0.124. The third-order valence-electron chi connectivity index (χ3n) is 2.85. The molecule has 1 rings (SSSR count). The minimum absolute atomic E-state index is 0.124. The van der Waals surface area contributed by atoms with Gasteiger partial charge in [0.25, 0.3) is 0 Å². The number of rotatable bonds is 5. The molecule has 3 heteroatoms. The summed E-state index contributed by atoms with van der Waals surface area (Å²) in [6.45, 7) is 4.23. The average molecular weight is 288 g/mol. The Balaban J connectivity index is 2.45. The number of benzene rings is 1. The molecule has 0 radical (unpaired) electrons. The van der Waals surface area contributed by atoms with Crippen LogP contribution in [0.3, 0.4) is 0 Å². The van der Waals surface area contributed by atoms with Gasteiger partial charge >= 0.3 is 0 Å². The Hall–Kier alpha value is -0.410. The van der Waals surface area contributed by atoms with E-state index in [1.807, 2.05) is 6.07 Å². The standard InChI is InChI=1S/C13H19BrFN/c1-9(2)13(16)5-3-4-10-8-11(14)6-7-12(10)15/h6-9,13H,3-5,16H2,1-2H3. The quantitative estimate of drug-likeness (QED) is 0.874. The SMILES string of the molecule is CC(C)C(N)CCCc1cc(Br)ccc1F. The van der Waals surface area contributed by atoms with Crippen molar-refractivity contribution in [1.82, 2.24) is 0 Å². The highest BCUT2D eigenvalue weighted by molar-refractivity contribution is 9.10. The fourth-order valence-electron chi connectivity index (χ4n) is 1.60. The van der Waals surface area contributed by atoms with Crippen LogP contribution < -0.4 is 5.73 Å². The number of hydrogen-bond acceptors (Lipinski definition) is 1. The van der Waals surface area contributed by atoms with Crippen molar-refractivity contribution in [3.8, 4) is 0 Å². The molecule has 0 bridgehead atoms. The van der Waals surface area contributed by atoms with Gasteiger partial charge in [0.15, 0.2) is 0 Å². The maximum atomic E-state index is 13.4. The highest BCUT2D eigenvalue weighted by atomic mass is 79.9. The van der Waals surface area contributed by atoms with Gasteiger partial charge in [-0.15, -0.1) is 0 Å². The van der Waals surface area contributed by atoms with Crippen LogP contribution in [0.25, 0.3) is 0 Å². The first-order valence-corrected chi connectivity index (χ1v) is 6.49. The second-order valence-corrected chi connectivity index (χ2v) is 5.45. The smallest absolute Gasteiger partial charge is 0.126 e. The lowest BCUT2D eigenvalue weighted by Gasteiger charge is -2.15. The first-order valence-electron chi connectivity index (χ1n) is 5.70. The molecule has 0 aromatic heterocycles. The van der Waals surface area contributed by atoms with Crippen molar-refractivity contribution < 1.29 is 4.39 Å². The molecule has 0 aliphatic rings. The van der Waals surface area contributed by atoms with Crippen LogP contribution in [-0.2, 0) is 6.42 Å². The Morgan fingerprint density at radius 2 is 2.06 bits per heavy atom. The molecule has 0 fully saturated rings. The lowest BCUT2D eigenvalue weighted by molar-refractivity contribution is 0.450. The predicted octanol–water partition coefficient (Wildman–Crippen LogP) is 3.89. The van der Waals surface area contributed by atoms with Crippen LogP contribution in [0.5, 0.6) is 0 Å². The molecule has 0 amide bonds. The Morgan fingerprint density at radius 1 is 1.38 bits per heavy atom. The molecule has 1 unspecified atom stereocenters. The zero-order chi connectivity index (χ0) is 12.1. The van der Waals surface area contributed by atoms with Crippen LogP contribution in [0.4, 0.5) is 4.39 Å². The molecular weight excluding hydrogens is 269 g/mol. The summed E-state index contributed by atoms with van der Waals surface area (Å²) in [7, 11) is 0. The summed E-state index contributed by atoms with van der Waals surface area (Å²) in [4.78, 5) is 0. The summed E-state index contributed by atoms with van der Waals surface area (Å²) in [6, 6.07) is 5.28. The van der Waals surface area contributed by atoms with E-state index in [1.165, 1.54) is 6.07 Å². The molecule has 0 aliphatic carbocycles. The summed E-state index contributed by atoms with van der Waals surface area (Å²) < 4.78 is 14.3. The van der Waals surface area contributed by atoms with E-state index in [0.717, 1.165) is 29.3 Å². The van der Waals surface area contributed by atoms with Crippen molar-refractivity contribution in [2.24, 2.45) is 11.7 Å². The molecule has 16 heavy (non-hydrogen) atoms. The van der Waals surface area contributed by atoms with E-state index >= 15 is 0 Å². The topological polar surface area (TPSA) is 26.0 Å². The molecule has 0 saturated heterocycles. The molecule has 0 saturated carbocycles. The van der Waals surface area contributed by atoms with Crippen molar-refractivity contribution >= 4 is 15.9 Å². The number of hydrogen-bond donors (Lipinski definition) is 1. The average Bonchev–Trinajstić information content (AvgIpc) is 2.22. The highest BCUT2D eigenvalue weighted by Crippen LogP contribution is 2.18. The maximum absolute atomic E-state index is 13.4. The van der Waals surface area contributed by atoms with Gasteiger partial charge < -0.3 is 5.73 Å². The van der Waals surface area contributed by atoms with Crippen molar-refractivity contribution in [3.63, 3.8) is 0 Å². The van der Waals surface area contributed by atoms with Crippen molar-refractivity contribution in [1.29, 1.82) is 0 Å². The van der Waals surface area contributed by atoms with Gasteiger partial charge in [-0.3, -0.25) is 0 Å². The molecule has 0 aliphatic heterocycles. The summed E-state index contributed by atoms with van der Waals surface area (Å²) in [6.07, 6.45) is 2.64. The Kier molecular flexibility index (Phi) is 5.42. The van der Waals surface area contributed by atoms with Crippen molar-refractivity contribution in [2.75, 3.05) is 0 Å². The van der Waals surface area contributed by atoms with Crippen LogP contribution in [0.15, 0.2) is 22.7 Å². The molecular formula is C13H19BrFN. The van der Waals surface area contributed by atoms with Gasteiger partial charge in [-0.05, 0) is 48.9 Å². The van der Waals surface area contributed by atoms with Gasteiger partial charge in [0.2, 0.25) is 0 Å². The molecule has 1 aromatic rings. The molecule has 0 spiro atoms. The summed E-state index contributed by atoms with van der Waals surface area (Å²) in [5.74, 6) is 0.369. The molecule has 2 N–H and O–H groups in total. The fraction of sp³-hybridized carbons (Fsp3) is 0.538. The van der Waals surface area contributed by atoms with Gasteiger partial charge in [-0.25, -0.2) is 4.39 Å². The van der Waals surface area contributed by atoms with Crippen LogP contribution in [0.2, 0.25) is 0 Å². The lowest BCUT2D eigenvalue weighted by atomic mass is 9.98. The zero-order valence-electron chi connectivity index (χ0n) is 9.84. The highest BCUT2D eigenvalue weighted by Gasteiger charge is 2.08. The van der Waals surface area contributed by atoms with Crippen molar-refractivity contribution in [2.45, 2.75) is 39.2 Å². The van der Waals surface area contributed by atoms with E-state index in [1.54, 1.807) is 6.07 Å².